The summed E-state index contributed by atoms with van der Waals surface area (Å²) in [5.74, 6) is 1.32. The van der Waals surface area contributed by atoms with Crippen LogP contribution in [0.1, 0.15) is 36.0 Å². The van der Waals surface area contributed by atoms with Gasteiger partial charge in [0.05, 0.1) is 0 Å². The van der Waals surface area contributed by atoms with E-state index in [2.05, 4.69) is 10.2 Å². The van der Waals surface area contributed by atoms with E-state index in [-0.39, 0.29) is 11.7 Å². The molecule has 0 atom stereocenters. The Labute approximate surface area is 143 Å². The number of benzene rings is 1. The molecule has 0 fully saturated rings. The third kappa shape index (κ3) is 5.85. The molecule has 0 spiro atoms. The molecule has 0 aromatic heterocycles. The standard InChI is InChI=1S/C18H26N2O4/c1-20(2)10-4-9-19-18(22)6-3-5-15(21)14-7-8-16-17(13-14)24-12-11-23-16/h7-8,13H,3-6,9-12H2,1-2H3,(H,19,22). The predicted molar refractivity (Wildman–Crippen MR) is 91.8 cm³/mol. The minimum absolute atomic E-state index is 0.00345. The third-order valence-corrected chi connectivity index (χ3v) is 3.78. The number of ketones is 1. The van der Waals surface area contributed by atoms with Crippen molar-refractivity contribution in [3.8, 4) is 11.5 Å². The van der Waals surface area contributed by atoms with Crippen LogP contribution < -0.4 is 14.8 Å². The number of amides is 1. The van der Waals surface area contributed by atoms with Gasteiger partial charge in [0.1, 0.15) is 13.2 Å². The van der Waals surface area contributed by atoms with Crippen LogP contribution in [-0.4, -0.2) is 57.0 Å². The van der Waals surface area contributed by atoms with Crippen molar-refractivity contribution in [2.75, 3.05) is 40.4 Å². The molecular formula is C18H26N2O4. The predicted octanol–water partition coefficient (Wildman–Crippen LogP) is 1.88. The van der Waals surface area contributed by atoms with Crippen molar-refractivity contribution in [1.29, 1.82) is 0 Å². The minimum Gasteiger partial charge on any atom is -0.486 e. The van der Waals surface area contributed by atoms with Crippen LogP contribution in [0.15, 0.2) is 18.2 Å². The van der Waals surface area contributed by atoms with Crippen molar-refractivity contribution in [2.24, 2.45) is 0 Å². The fourth-order valence-corrected chi connectivity index (χ4v) is 2.48. The number of fused-ring (bicyclic) bond motifs is 1. The van der Waals surface area contributed by atoms with Gasteiger partial charge in [-0.1, -0.05) is 0 Å². The van der Waals surface area contributed by atoms with Gasteiger partial charge in [0.15, 0.2) is 17.3 Å². The Bertz CT molecular complexity index is 572. The molecule has 1 aromatic rings. The maximum Gasteiger partial charge on any atom is 0.220 e. The maximum absolute atomic E-state index is 12.2. The lowest BCUT2D eigenvalue weighted by Crippen LogP contribution is -2.26. The normalized spacial score (nSPS) is 13.0. The number of rotatable bonds is 9. The number of Topliss-reactive ketones (excluding diaryl/α,β-unsaturated/α-hetero) is 1. The number of hydrogen-bond acceptors (Lipinski definition) is 5. The van der Waals surface area contributed by atoms with Crippen LogP contribution in [-0.2, 0) is 4.79 Å². The van der Waals surface area contributed by atoms with Crippen molar-refractivity contribution in [3.63, 3.8) is 0 Å². The first-order chi connectivity index (χ1) is 11.6. The minimum atomic E-state index is 0.00345. The van der Waals surface area contributed by atoms with Gasteiger partial charge in [0, 0.05) is 24.9 Å². The van der Waals surface area contributed by atoms with Crippen molar-refractivity contribution in [1.82, 2.24) is 10.2 Å². The Balaban J connectivity index is 1.68. The number of carbonyl (C=O) groups excluding carboxylic acids is 2. The van der Waals surface area contributed by atoms with Crippen LogP contribution in [0.25, 0.3) is 0 Å². The number of ether oxygens (including phenoxy) is 2. The lowest BCUT2D eigenvalue weighted by atomic mass is 10.0. The molecule has 0 saturated heterocycles. The van der Waals surface area contributed by atoms with Crippen LogP contribution in [0.2, 0.25) is 0 Å². The van der Waals surface area contributed by atoms with Gasteiger partial charge in [-0.05, 0) is 51.7 Å². The number of nitrogens with zero attached hydrogens (tertiary/aromatic N) is 1. The van der Waals surface area contributed by atoms with Crippen LogP contribution >= 0.6 is 0 Å². The Kier molecular flexibility index (Phi) is 7.06. The van der Waals surface area contributed by atoms with Crippen LogP contribution in [0.4, 0.5) is 0 Å². The average Bonchev–Trinajstić information content (AvgIpc) is 2.58. The quantitative estimate of drug-likeness (QED) is 0.552. The Morgan fingerprint density at radius 2 is 1.83 bits per heavy atom. The van der Waals surface area contributed by atoms with E-state index < -0.39 is 0 Å². The van der Waals surface area contributed by atoms with E-state index in [1.165, 1.54) is 0 Å². The molecule has 0 radical (unpaired) electrons. The van der Waals surface area contributed by atoms with Gasteiger partial charge in [0.25, 0.3) is 0 Å². The lowest BCUT2D eigenvalue weighted by molar-refractivity contribution is -0.121. The molecule has 6 heteroatoms. The van der Waals surface area contributed by atoms with E-state index in [0.717, 1.165) is 13.0 Å². The monoisotopic (exact) mass is 334 g/mol. The summed E-state index contributed by atoms with van der Waals surface area (Å²) in [4.78, 5) is 26.0. The highest BCUT2D eigenvalue weighted by Gasteiger charge is 2.15. The molecule has 1 aliphatic heterocycles. The first-order valence-corrected chi connectivity index (χ1v) is 8.40. The molecule has 24 heavy (non-hydrogen) atoms. The summed E-state index contributed by atoms with van der Waals surface area (Å²) in [5.41, 5.74) is 0.602. The summed E-state index contributed by atoms with van der Waals surface area (Å²) in [6.07, 6.45) is 2.20. The molecule has 1 amide bonds. The zero-order valence-corrected chi connectivity index (χ0v) is 14.5. The fourth-order valence-electron chi connectivity index (χ4n) is 2.48. The maximum atomic E-state index is 12.2. The summed E-state index contributed by atoms with van der Waals surface area (Å²) in [6, 6.07) is 5.23. The highest BCUT2D eigenvalue weighted by atomic mass is 16.6. The number of nitrogens with one attached hydrogen (secondary N) is 1. The summed E-state index contributed by atoms with van der Waals surface area (Å²) in [6.45, 7) is 2.65. The van der Waals surface area contributed by atoms with Crippen LogP contribution in [0.5, 0.6) is 11.5 Å². The Hall–Kier alpha value is -2.08. The molecule has 0 unspecified atom stereocenters. The van der Waals surface area contributed by atoms with Crippen molar-refractivity contribution in [2.45, 2.75) is 25.7 Å². The van der Waals surface area contributed by atoms with E-state index in [4.69, 9.17) is 9.47 Å². The first-order valence-electron chi connectivity index (χ1n) is 8.40. The summed E-state index contributed by atoms with van der Waals surface area (Å²) in [5, 5.41) is 2.88. The van der Waals surface area contributed by atoms with E-state index >= 15 is 0 Å². The Morgan fingerprint density at radius 1 is 1.08 bits per heavy atom. The molecule has 0 aliphatic carbocycles. The van der Waals surface area contributed by atoms with E-state index in [9.17, 15) is 9.59 Å². The first kappa shape index (κ1) is 18.3. The SMILES string of the molecule is CN(C)CCCNC(=O)CCCC(=O)c1ccc2c(c1)OCCO2. The summed E-state index contributed by atoms with van der Waals surface area (Å²) >= 11 is 0. The molecule has 1 heterocycles. The molecule has 6 nitrogen and oxygen atoms in total. The molecule has 2 rings (SSSR count). The molecule has 1 aliphatic rings. The lowest BCUT2D eigenvalue weighted by Gasteiger charge is -2.18. The van der Waals surface area contributed by atoms with Crippen molar-refractivity contribution >= 4 is 11.7 Å². The van der Waals surface area contributed by atoms with Gasteiger partial charge in [-0.15, -0.1) is 0 Å². The molecule has 1 N–H and O–H groups in total. The third-order valence-electron chi connectivity index (χ3n) is 3.78. The van der Waals surface area contributed by atoms with Crippen molar-refractivity contribution < 1.29 is 19.1 Å². The highest BCUT2D eigenvalue weighted by molar-refractivity contribution is 5.96. The smallest absolute Gasteiger partial charge is 0.220 e. The van der Waals surface area contributed by atoms with E-state index in [1.807, 2.05) is 14.1 Å². The van der Waals surface area contributed by atoms with Crippen LogP contribution in [0, 0.1) is 0 Å². The van der Waals surface area contributed by atoms with Crippen molar-refractivity contribution in [3.05, 3.63) is 23.8 Å². The fraction of sp³-hybridized carbons (Fsp3) is 0.556. The summed E-state index contributed by atoms with van der Waals surface area (Å²) < 4.78 is 10.9. The second kappa shape index (κ2) is 9.27. The second-order valence-corrected chi connectivity index (χ2v) is 6.14. The van der Waals surface area contributed by atoms with Crippen LogP contribution in [0.3, 0.4) is 0 Å². The molecule has 1 aromatic carbocycles. The zero-order valence-electron chi connectivity index (χ0n) is 14.5. The zero-order chi connectivity index (χ0) is 17.4. The topological polar surface area (TPSA) is 67.9 Å². The molecule has 132 valence electrons. The van der Waals surface area contributed by atoms with E-state index in [0.29, 0.717) is 56.1 Å². The number of carbonyl (C=O) groups is 2. The Morgan fingerprint density at radius 3 is 2.58 bits per heavy atom. The second-order valence-electron chi connectivity index (χ2n) is 6.14. The van der Waals surface area contributed by atoms with Gasteiger partial charge < -0.3 is 19.7 Å². The van der Waals surface area contributed by atoms with Gasteiger partial charge in [-0.25, -0.2) is 0 Å². The molecular weight excluding hydrogens is 308 g/mol. The molecule has 0 saturated carbocycles. The highest BCUT2D eigenvalue weighted by Crippen LogP contribution is 2.31. The number of hydrogen-bond donors (Lipinski definition) is 1. The van der Waals surface area contributed by atoms with Gasteiger partial charge in [-0.3, -0.25) is 9.59 Å². The summed E-state index contributed by atoms with van der Waals surface area (Å²) in [7, 11) is 4.01. The molecule has 0 bridgehead atoms. The average molecular weight is 334 g/mol. The van der Waals surface area contributed by atoms with Gasteiger partial charge >= 0.3 is 0 Å². The van der Waals surface area contributed by atoms with Gasteiger partial charge in [-0.2, -0.15) is 0 Å². The largest absolute Gasteiger partial charge is 0.486 e. The van der Waals surface area contributed by atoms with Gasteiger partial charge in [0.2, 0.25) is 5.91 Å². The van der Waals surface area contributed by atoms with E-state index in [1.54, 1.807) is 18.2 Å².